The van der Waals surface area contributed by atoms with Crippen LogP contribution in [0.25, 0.3) is 17.2 Å². The number of amides is 1. The first kappa shape index (κ1) is 25.9. The molecule has 3 aromatic heterocycles. The third-order valence-electron chi connectivity index (χ3n) is 7.29. The number of nitrogens with two attached hydrogens (primary N) is 1. The van der Waals surface area contributed by atoms with Gasteiger partial charge in [0.25, 0.3) is 11.9 Å². The number of aromatic nitrogens is 5. The summed E-state index contributed by atoms with van der Waals surface area (Å²) in [6, 6.07) is 11.7. The van der Waals surface area contributed by atoms with E-state index >= 15 is 0 Å². The number of likely N-dealkylation sites (tertiary alicyclic amines) is 1. The fourth-order valence-electron chi connectivity index (χ4n) is 5.09. The van der Waals surface area contributed by atoms with Crippen molar-refractivity contribution in [1.29, 1.82) is 0 Å². The van der Waals surface area contributed by atoms with Crippen molar-refractivity contribution in [2.75, 3.05) is 19.7 Å². The summed E-state index contributed by atoms with van der Waals surface area (Å²) in [5.74, 6) is 1.00. The van der Waals surface area contributed by atoms with Crippen molar-refractivity contribution < 1.29 is 18.7 Å². The highest BCUT2D eigenvalue weighted by atomic mass is 19.1. The van der Waals surface area contributed by atoms with Crippen molar-refractivity contribution in [3.63, 3.8) is 0 Å². The number of rotatable bonds is 8. The molecule has 206 valence electrons. The molecule has 1 aliphatic carbocycles. The first-order chi connectivity index (χ1) is 19.2. The largest absolute Gasteiger partial charge is 0.476 e. The number of piperidine rings is 1. The molecule has 4 aromatic rings. The average Bonchev–Trinajstić information content (AvgIpc) is 3.26. The van der Waals surface area contributed by atoms with Crippen LogP contribution in [0.3, 0.4) is 0 Å². The summed E-state index contributed by atoms with van der Waals surface area (Å²) in [6.45, 7) is 7.16. The molecule has 3 atom stereocenters. The molecule has 1 aliphatic heterocycles. The van der Waals surface area contributed by atoms with Gasteiger partial charge in [-0.2, -0.15) is 0 Å². The highest BCUT2D eigenvalue weighted by Crippen LogP contribution is 2.48. The molecule has 2 fully saturated rings. The Morgan fingerprint density at radius 1 is 1.12 bits per heavy atom. The Kier molecular flexibility index (Phi) is 6.46. The zero-order valence-electron chi connectivity index (χ0n) is 22.5. The molecule has 0 radical (unpaired) electrons. The molecule has 0 bridgehead atoms. The van der Waals surface area contributed by atoms with Crippen molar-refractivity contribution in [2.24, 2.45) is 17.6 Å². The quantitative estimate of drug-likeness (QED) is 0.358. The van der Waals surface area contributed by atoms with Crippen LogP contribution in [0, 0.1) is 17.7 Å². The molecule has 2 aliphatic rings. The van der Waals surface area contributed by atoms with Crippen LogP contribution in [0.1, 0.15) is 36.7 Å². The Morgan fingerprint density at radius 3 is 2.48 bits per heavy atom. The van der Waals surface area contributed by atoms with Crippen LogP contribution in [0.15, 0.2) is 61.1 Å². The summed E-state index contributed by atoms with van der Waals surface area (Å²) >= 11 is 0. The van der Waals surface area contributed by atoms with Crippen molar-refractivity contribution in [3.8, 4) is 29.0 Å². The normalized spacial score (nSPS) is 19.8. The van der Waals surface area contributed by atoms with Gasteiger partial charge in [-0.3, -0.25) is 4.79 Å². The lowest BCUT2D eigenvalue weighted by atomic mass is 9.95. The summed E-state index contributed by atoms with van der Waals surface area (Å²) in [5.41, 5.74) is 8.46. The fourth-order valence-corrected chi connectivity index (χ4v) is 5.09. The minimum absolute atomic E-state index is 0.0550. The van der Waals surface area contributed by atoms with Crippen molar-refractivity contribution in [1.82, 2.24) is 29.6 Å². The minimum atomic E-state index is -0.619. The predicted molar refractivity (Wildman–Crippen MR) is 144 cm³/mol. The number of hydrogen-bond acceptors (Lipinski definition) is 8. The van der Waals surface area contributed by atoms with Crippen LogP contribution in [-0.2, 0) is 5.54 Å². The topological polar surface area (TPSA) is 121 Å². The number of carbonyl (C=O) groups excluding carboxylic acids is 1. The van der Waals surface area contributed by atoms with Gasteiger partial charge in [-0.1, -0.05) is 0 Å². The second-order valence-electron chi connectivity index (χ2n) is 10.7. The molecule has 1 saturated carbocycles. The van der Waals surface area contributed by atoms with Gasteiger partial charge in [-0.25, -0.2) is 24.0 Å². The molecule has 10 nitrogen and oxygen atoms in total. The number of benzene rings is 1. The number of fused-ring (bicyclic) bond motifs is 1. The van der Waals surface area contributed by atoms with Gasteiger partial charge >= 0.3 is 0 Å². The van der Waals surface area contributed by atoms with Crippen molar-refractivity contribution in [3.05, 3.63) is 78.0 Å². The smallest absolute Gasteiger partial charge is 0.261 e. The fraction of sp³-hybridized carbons (Fsp3) is 0.345. The van der Waals surface area contributed by atoms with E-state index in [4.69, 9.17) is 20.2 Å². The van der Waals surface area contributed by atoms with E-state index in [1.54, 1.807) is 36.8 Å². The lowest BCUT2D eigenvalue weighted by Gasteiger charge is -2.22. The maximum absolute atomic E-state index is 13.5. The maximum Gasteiger partial charge on any atom is 0.261 e. The van der Waals surface area contributed by atoms with Crippen LogP contribution >= 0.6 is 0 Å². The van der Waals surface area contributed by atoms with E-state index in [-0.39, 0.29) is 35.5 Å². The lowest BCUT2D eigenvalue weighted by molar-refractivity contribution is 0.0747. The molecular formula is C29H30FN7O3. The number of ether oxygens (including phenoxy) is 2. The van der Waals surface area contributed by atoms with Gasteiger partial charge in [-0.05, 0) is 62.7 Å². The molecule has 6 rings (SSSR count). The average molecular weight is 544 g/mol. The molecule has 1 aromatic carbocycles. The molecule has 0 spiro atoms. The molecule has 40 heavy (non-hydrogen) atoms. The summed E-state index contributed by atoms with van der Waals surface area (Å²) in [7, 11) is 0. The van der Waals surface area contributed by atoms with E-state index in [0.29, 0.717) is 42.8 Å². The Hall–Kier alpha value is -4.38. The second kappa shape index (κ2) is 9.98. The lowest BCUT2D eigenvalue weighted by Crippen LogP contribution is -2.33. The third kappa shape index (κ3) is 5.00. The molecular weight excluding hydrogens is 513 g/mol. The van der Waals surface area contributed by atoms with E-state index in [0.717, 1.165) is 11.1 Å². The zero-order valence-corrected chi connectivity index (χ0v) is 22.5. The zero-order chi connectivity index (χ0) is 28.0. The maximum atomic E-state index is 13.5. The monoisotopic (exact) mass is 543 g/mol. The van der Waals surface area contributed by atoms with Gasteiger partial charge in [0.2, 0.25) is 11.8 Å². The van der Waals surface area contributed by atoms with E-state index in [1.807, 2.05) is 37.8 Å². The Morgan fingerprint density at radius 2 is 1.82 bits per heavy atom. The molecule has 2 N–H and O–H groups in total. The minimum Gasteiger partial charge on any atom is -0.476 e. The van der Waals surface area contributed by atoms with Crippen LogP contribution in [-0.4, -0.2) is 61.3 Å². The van der Waals surface area contributed by atoms with Crippen molar-refractivity contribution in [2.45, 2.75) is 32.4 Å². The van der Waals surface area contributed by atoms with Gasteiger partial charge in [0.15, 0.2) is 0 Å². The van der Waals surface area contributed by atoms with E-state index in [9.17, 15) is 9.18 Å². The number of halogens is 1. The van der Waals surface area contributed by atoms with Crippen LogP contribution in [0.4, 0.5) is 4.39 Å². The van der Waals surface area contributed by atoms with Crippen LogP contribution in [0.2, 0.25) is 0 Å². The molecule has 11 heteroatoms. The Bertz CT molecular complexity index is 1520. The predicted octanol–water partition coefficient (Wildman–Crippen LogP) is 3.61. The first-order valence-corrected chi connectivity index (χ1v) is 13.2. The van der Waals surface area contributed by atoms with Gasteiger partial charge < -0.3 is 20.1 Å². The number of nitrogens with zero attached hydrogens (tertiary/aromatic N) is 6. The number of pyridine rings is 1. The molecule has 1 saturated heterocycles. The summed E-state index contributed by atoms with van der Waals surface area (Å²) in [5, 5.41) is 4.39. The van der Waals surface area contributed by atoms with Gasteiger partial charge in [0, 0.05) is 54.5 Å². The van der Waals surface area contributed by atoms with Gasteiger partial charge in [0.1, 0.15) is 17.5 Å². The number of hydrogen-bond donors (Lipinski definition) is 1. The van der Waals surface area contributed by atoms with Crippen LogP contribution < -0.4 is 15.2 Å². The van der Waals surface area contributed by atoms with E-state index < -0.39 is 5.54 Å². The van der Waals surface area contributed by atoms with E-state index in [1.165, 1.54) is 16.8 Å². The van der Waals surface area contributed by atoms with E-state index in [2.05, 4.69) is 15.1 Å². The standard InChI is InChI=1S/C29H30FN7O3/c1-4-39-26-22(16-37(35-26)28-32-10-5-11-33-28)27(38)36-14-20-21(15-36)25(20)40-24-13-18(29(2,3)31)12-23(34-24)17-6-8-19(30)9-7-17/h5-13,16,20-21,25H,4,14-15,31H2,1-3H3/t20-,21+,25?. The van der Waals surface area contributed by atoms with Gasteiger partial charge in [-0.15, -0.1) is 5.10 Å². The highest BCUT2D eigenvalue weighted by Gasteiger charge is 2.59. The molecule has 1 amide bonds. The SMILES string of the molecule is CCOc1nn(-c2ncccn2)cc1C(=O)N1C[C@@H]2C(Oc3cc(C(C)(C)N)cc(-c4ccc(F)cc4)n3)[C@@H]2C1. The van der Waals surface area contributed by atoms with Crippen molar-refractivity contribution >= 4 is 5.91 Å². The summed E-state index contributed by atoms with van der Waals surface area (Å²) < 4.78 is 26.9. The Labute approximate surface area is 231 Å². The summed E-state index contributed by atoms with van der Waals surface area (Å²) in [4.78, 5) is 28.4. The first-order valence-electron chi connectivity index (χ1n) is 13.2. The van der Waals surface area contributed by atoms with Crippen LogP contribution in [0.5, 0.6) is 11.8 Å². The molecule has 4 heterocycles. The number of carbonyl (C=O) groups is 1. The van der Waals surface area contributed by atoms with Gasteiger partial charge in [0.05, 0.1) is 18.5 Å². The molecule has 1 unspecified atom stereocenters. The highest BCUT2D eigenvalue weighted by molar-refractivity contribution is 5.96. The second-order valence-corrected chi connectivity index (χ2v) is 10.7. The Balaban J connectivity index is 1.17. The third-order valence-corrected chi connectivity index (χ3v) is 7.29. The summed E-state index contributed by atoms with van der Waals surface area (Å²) in [6.07, 6.45) is 4.78.